The fraction of sp³-hybridized carbons (Fsp3) is 0.600. The molecule has 1 saturated heterocycles. The first-order chi connectivity index (χ1) is 8.79. The molecule has 0 aromatic heterocycles. The zero-order valence-corrected chi connectivity index (χ0v) is 10.6. The highest BCUT2D eigenvalue weighted by Gasteiger charge is 2.48. The van der Waals surface area contributed by atoms with Gasteiger partial charge in [-0.2, -0.15) is 0 Å². The number of ether oxygens (including phenoxy) is 2. The normalized spacial score (nSPS) is 30.7. The van der Waals surface area contributed by atoms with Crippen LogP contribution >= 0.6 is 0 Å². The number of hydrogen-bond acceptors (Lipinski definition) is 3. The Morgan fingerprint density at radius 2 is 1.78 bits per heavy atom. The van der Waals surface area contributed by atoms with Gasteiger partial charge < -0.3 is 14.6 Å². The molecule has 1 aromatic carbocycles. The molecule has 18 heavy (non-hydrogen) atoms. The first-order valence-electron chi connectivity index (χ1n) is 6.73. The monoisotopic (exact) mass is 248 g/mol. The topological polar surface area (TPSA) is 38.7 Å². The smallest absolute Gasteiger partial charge is 0.169 e. The standard InChI is InChI=1S/C15H20O3/c16-12-14(13-5-2-1-3-6-13)7-4-8-15(11-14)17-9-10-18-15/h1-3,5-6,16H,4,7-12H2/t14-/m0/s1. The Bertz CT molecular complexity index is 397. The van der Waals surface area contributed by atoms with Gasteiger partial charge in [0, 0.05) is 18.3 Å². The van der Waals surface area contributed by atoms with Gasteiger partial charge in [-0.1, -0.05) is 30.3 Å². The van der Waals surface area contributed by atoms with Crippen LogP contribution in [0.3, 0.4) is 0 Å². The summed E-state index contributed by atoms with van der Waals surface area (Å²) in [4.78, 5) is 0. The van der Waals surface area contributed by atoms with E-state index in [-0.39, 0.29) is 12.0 Å². The van der Waals surface area contributed by atoms with E-state index in [1.807, 2.05) is 18.2 Å². The molecule has 1 spiro atoms. The third-order valence-corrected chi connectivity index (χ3v) is 4.32. The summed E-state index contributed by atoms with van der Waals surface area (Å²) in [6.07, 6.45) is 3.75. The molecule has 1 aliphatic carbocycles. The van der Waals surface area contributed by atoms with Crippen LogP contribution < -0.4 is 0 Å². The average molecular weight is 248 g/mol. The number of aliphatic hydroxyl groups is 1. The highest BCUT2D eigenvalue weighted by atomic mass is 16.7. The van der Waals surface area contributed by atoms with Crippen molar-refractivity contribution in [1.29, 1.82) is 0 Å². The van der Waals surface area contributed by atoms with Crippen LogP contribution in [-0.2, 0) is 14.9 Å². The van der Waals surface area contributed by atoms with Crippen LogP contribution in [0.4, 0.5) is 0 Å². The summed E-state index contributed by atoms with van der Waals surface area (Å²) >= 11 is 0. The molecule has 98 valence electrons. The Kier molecular flexibility index (Phi) is 3.14. The minimum atomic E-state index is -0.448. The molecule has 1 aliphatic heterocycles. The van der Waals surface area contributed by atoms with Crippen molar-refractivity contribution in [3.63, 3.8) is 0 Å². The Morgan fingerprint density at radius 3 is 2.44 bits per heavy atom. The van der Waals surface area contributed by atoms with Crippen molar-refractivity contribution in [3.05, 3.63) is 35.9 Å². The van der Waals surface area contributed by atoms with E-state index in [4.69, 9.17) is 9.47 Å². The maximum atomic E-state index is 9.93. The Hall–Kier alpha value is -0.900. The number of rotatable bonds is 2. The number of aliphatic hydroxyl groups excluding tert-OH is 1. The second kappa shape index (κ2) is 4.65. The van der Waals surface area contributed by atoms with Crippen molar-refractivity contribution in [2.24, 2.45) is 0 Å². The molecule has 2 fully saturated rings. The van der Waals surface area contributed by atoms with Crippen LogP contribution in [0.25, 0.3) is 0 Å². The van der Waals surface area contributed by atoms with E-state index < -0.39 is 5.79 Å². The van der Waals surface area contributed by atoms with Crippen molar-refractivity contribution in [1.82, 2.24) is 0 Å². The van der Waals surface area contributed by atoms with Crippen LogP contribution in [0.2, 0.25) is 0 Å². The highest BCUT2D eigenvalue weighted by Crippen LogP contribution is 2.47. The summed E-state index contributed by atoms with van der Waals surface area (Å²) in [5.41, 5.74) is 0.995. The maximum absolute atomic E-state index is 9.93. The molecule has 0 amide bonds. The summed E-state index contributed by atoms with van der Waals surface area (Å²) in [5, 5.41) is 9.93. The summed E-state index contributed by atoms with van der Waals surface area (Å²) in [7, 11) is 0. The first-order valence-corrected chi connectivity index (χ1v) is 6.73. The molecular weight excluding hydrogens is 228 g/mol. The van der Waals surface area contributed by atoms with Crippen molar-refractivity contribution >= 4 is 0 Å². The molecule has 1 heterocycles. The lowest BCUT2D eigenvalue weighted by molar-refractivity contribution is -0.194. The molecule has 3 rings (SSSR count). The van der Waals surface area contributed by atoms with E-state index in [0.29, 0.717) is 13.2 Å². The summed E-state index contributed by atoms with van der Waals surface area (Å²) in [6.45, 7) is 1.51. The maximum Gasteiger partial charge on any atom is 0.169 e. The van der Waals surface area contributed by atoms with Gasteiger partial charge >= 0.3 is 0 Å². The van der Waals surface area contributed by atoms with Crippen LogP contribution in [0, 0.1) is 0 Å². The number of benzene rings is 1. The predicted molar refractivity (Wildman–Crippen MR) is 68.3 cm³/mol. The van der Waals surface area contributed by atoms with Crippen LogP contribution in [0.5, 0.6) is 0 Å². The van der Waals surface area contributed by atoms with Gasteiger partial charge in [0.1, 0.15) is 0 Å². The predicted octanol–water partition coefficient (Wildman–Crippen LogP) is 2.23. The SMILES string of the molecule is OC[C@]1(c2ccccc2)CCCC2(C1)OCCO2. The largest absolute Gasteiger partial charge is 0.395 e. The lowest BCUT2D eigenvalue weighted by Crippen LogP contribution is -2.46. The summed E-state index contributed by atoms with van der Waals surface area (Å²) < 4.78 is 11.7. The van der Waals surface area contributed by atoms with Crippen molar-refractivity contribution in [2.45, 2.75) is 36.9 Å². The van der Waals surface area contributed by atoms with E-state index in [9.17, 15) is 5.11 Å². The fourth-order valence-corrected chi connectivity index (χ4v) is 3.40. The second-order valence-electron chi connectivity index (χ2n) is 5.44. The zero-order valence-electron chi connectivity index (χ0n) is 10.6. The Morgan fingerprint density at radius 1 is 1.06 bits per heavy atom. The van der Waals surface area contributed by atoms with Crippen LogP contribution in [0.1, 0.15) is 31.2 Å². The van der Waals surface area contributed by atoms with Crippen LogP contribution in [-0.4, -0.2) is 30.7 Å². The van der Waals surface area contributed by atoms with Crippen molar-refractivity contribution in [3.8, 4) is 0 Å². The minimum absolute atomic E-state index is 0.158. The van der Waals surface area contributed by atoms with E-state index >= 15 is 0 Å². The van der Waals surface area contributed by atoms with Crippen LogP contribution in [0.15, 0.2) is 30.3 Å². The highest BCUT2D eigenvalue weighted by molar-refractivity contribution is 5.27. The molecule has 0 bridgehead atoms. The van der Waals surface area contributed by atoms with Gasteiger partial charge in [-0.05, 0) is 18.4 Å². The van der Waals surface area contributed by atoms with Crippen molar-refractivity contribution < 1.29 is 14.6 Å². The zero-order chi connectivity index (χ0) is 12.5. The third-order valence-electron chi connectivity index (χ3n) is 4.32. The van der Waals surface area contributed by atoms with Gasteiger partial charge in [0.25, 0.3) is 0 Å². The summed E-state index contributed by atoms with van der Waals surface area (Å²) in [5.74, 6) is -0.448. The molecule has 1 atom stereocenters. The molecular formula is C15H20O3. The Balaban J connectivity index is 1.91. The van der Waals surface area contributed by atoms with Gasteiger partial charge in [-0.15, -0.1) is 0 Å². The van der Waals surface area contributed by atoms with Gasteiger partial charge in [-0.25, -0.2) is 0 Å². The van der Waals surface area contributed by atoms with E-state index in [2.05, 4.69) is 12.1 Å². The molecule has 1 aromatic rings. The summed E-state index contributed by atoms with van der Waals surface area (Å²) in [6, 6.07) is 10.3. The second-order valence-corrected chi connectivity index (χ2v) is 5.44. The minimum Gasteiger partial charge on any atom is -0.395 e. The molecule has 3 heteroatoms. The van der Waals surface area contributed by atoms with Gasteiger partial charge in [0.05, 0.1) is 19.8 Å². The van der Waals surface area contributed by atoms with Gasteiger partial charge in [-0.3, -0.25) is 0 Å². The third kappa shape index (κ3) is 1.96. The molecule has 3 nitrogen and oxygen atoms in total. The lowest BCUT2D eigenvalue weighted by Gasteiger charge is -2.44. The van der Waals surface area contributed by atoms with E-state index in [0.717, 1.165) is 25.7 Å². The van der Waals surface area contributed by atoms with Gasteiger partial charge in [0.2, 0.25) is 0 Å². The molecule has 1 N–H and O–H groups in total. The molecule has 0 unspecified atom stereocenters. The Labute approximate surface area is 108 Å². The number of hydrogen-bond donors (Lipinski definition) is 1. The molecule has 0 radical (unpaired) electrons. The quantitative estimate of drug-likeness (QED) is 0.872. The molecule has 1 saturated carbocycles. The lowest BCUT2D eigenvalue weighted by atomic mass is 9.67. The van der Waals surface area contributed by atoms with E-state index in [1.54, 1.807) is 0 Å². The fourth-order valence-electron chi connectivity index (χ4n) is 3.40. The van der Waals surface area contributed by atoms with E-state index in [1.165, 1.54) is 5.56 Å². The van der Waals surface area contributed by atoms with Crippen molar-refractivity contribution in [2.75, 3.05) is 19.8 Å². The first kappa shape index (κ1) is 12.2. The van der Waals surface area contributed by atoms with Gasteiger partial charge in [0.15, 0.2) is 5.79 Å². The average Bonchev–Trinajstić information content (AvgIpc) is 2.87. The molecule has 2 aliphatic rings.